The number of ketones is 1. The molecular formula is C24H30N2O5+2. The van der Waals surface area contributed by atoms with Crippen molar-refractivity contribution in [2.24, 2.45) is 0 Å². The molecule has 0 radical (unpaired) electrons. The number of carbonyl (C=O) groups is 1. The number of nitrogens with one attached hydrogen (secondary N) is 2. The maximum atomic E-state index is 13.0. The summed E-state index contributed by atoms with van der Waals surface area (Å²) in [5, 5.41) is 10.5. The lowest BCUT2D eigenvalue weighted by Gasteiger charge is -2.29. The van der Waals surface area contributed by atoms with Crippen molar-refractivity contribution in [3.05, 3.63) is 52.8 Å². The summed E-state index contributed by atoms with van der Waals surface area (Å²) in [5.74, 6) is 1.92. The molecular weight excluding hydrogens is 396 g/mol. The van der Waals surface area contributed by atoms with Gasteiger partial charge in [-0.15, -0.1) is 0 Å². The lowest BCUT2D eigenvalue weighted by Crippen LogP contribution is -3.27. The van der Waals surface area contributed by atoms with Crippen LogP contribution in [0.5, 0.6) is 23.0 Å². The molecule has 0 atom stereocenters. The Morgan fingerprint density at radius 1 is 1.03 bits per heavy atom. The molecule has 2 heterocycles. The van der Waals surface area contributed by atoms with Crippen LogP contribution in [0.15, 0.2) is 36.1 Å². The second-order valence-corrected chi connectivity index (χ2v) is 8.02. The average Bonchev–Trinajstić information content (AvgIpc) is 3.11. The molecule has 0 unspecified atom stereocenters. The van der Waals surface area contributed by atoms with Gasteiger partial charge in [-0.3, -0.25) is 4.79 Å². The molecule has 164 valence electrons. The van der Waals surface area contributed by atoms with Gasteiger partial charge in [0.2, 0.25) is 5.78 Å². The Hall–Kier alpha value is -3.03. The summed E-state index contributed by atoms with van der Waals surface area (Å²) in [4.78, 5) is 16.0. The van der Waals surface area contributed by atoms with E-state index in [1.807, 2.05) is 6.07 Å². The minimum atomic E-state index is -0.179. The number of ether oxygens (including phenoxy) is 3. The Morgan fingerprint density at radius 2 is 1.74 bits per heavy atom. The van der Waals surface area contributed by atoms with Gasteiger partial charge in [-0.25, -0.2) is 0 Å². The zero-order chi connectivity index (χ0) is 22.0. The first kappa shape index (κ1) is 21.2. The zero-order valence-corrected chi connectivity index (χ0v) is 18.3. The van der Waals surface area contributed by atoms with E-state index in [1.165, 1.54) is 4.90 Å². The van der Waals surface area contributed by atoms with Crippen molar-refractivity contribution < 1.29 is 33.9 Å². The number of fused-ring (bicyclic) bond motifs is 1. The normalized spacial score (nSPS) is 21.6. The molecule has 0 aromatic heterocycles. The molecule has 3 N–H and O–H groups in total. The smallest absolute Gasteiger partial charge is 0.231 e. The van der Waals surface area contributed by atoms with E-state index >= 15 is 0 Å². The molecule has 1 fully saturated rings. The fraction of sp³-hybridized carbons (Fsp3) is 0.375. The van der Waals surface area contributed by atoms with E-state index in [-0.39, 0.29) is 17.3 Å². The number of phenolic OH excluding ortho intramolecular Hbond substituents is 1. The lowest BCUT2D eigenvalue weighted by molar-refractivity contribution is -1.02. The van der Waals surface area contributed by atoms with E-state index < -0.39 is 0 Å². The van der Waals surface area contributed by atoms with Crippen LogP contribution in [-0.4, -0.2) is 57.8 Å². The topological polar surface area (TPSA) is 73.9 Å². The van der Waals surface area contributed by atoms with Crippen LogP contribution in [-0.2, 0) is 6.54 Å². The van der Waals surface area contributed by atoms with Crippen molar-refractivity contribution in [1.29, 1.82) is 0 Å². The second-order valence-electron chi connectivity index (χ2n) is 8.02. The quantitative estimate of drug-likeness (QED) is 0.581. The maximum Gasteiger partial charge on any atom is 0.231 e. The maximum absolute atomic E-state index is 13.0. The van der Waals surface area contributed by atoms with E-state index in [0.29, 0.717) is 34.9 Å². The summed E-state index contributed by atoms with van der Waals surface area (Å²) in [6.07, 6.45) is 1.70. The molecule has 2 aliphatic rings. The molecule has 31 heavy (non-hydrogen) atoms. The first-order valence-corrected chi connectivity index (χ1v) is 10.7. The summed E-state index contributed by atoms with van der Waals surface area (Å²) < 4.78 is 16.6. The van der Waals surface area contributed by atoms with E-state index in [1.54, 1.807) is 49.5 Å². The van der Waals surface area contributed by atoms with Crippen LogP contribution in [0.25, 0.3) is 6.08 Å². The Morgan fingerprint density at radius 3 is 2.42 bits per heavy atom. The standard InChI is InChI=1S/C24H28N2O5/c1-4-25-9-11-26(12-10-25)15-18-19(27)7-6-17-23(28)22(31-24(17)18)14-16-5-8-20(29-2)21(13-16)30-3/h5-8,13-14,27H,4,9-12,15H2,1-3H3/p+2/b22-14-. The van der Waals surface area contributed by atoms with Gasteiger partial charge in [-0.2, -0.15) is 0 Å². The number of hydrogen-bond donors (Lipinski definition) is 3. The van der Waals surface area contributed by atoms with Gasteiger partial charge in [0.1, 0.15) is 38.5 Å². The number of aromatic hydroxyl groups is 1. The summed E-state index contributed by atoms with van der Waals surface area (Å²) in [6, 6.07) is 8.66. The molecule has 0 aliphatic carbocycles. The van der Waals surface area contributed by atoms with Gasteiger partial charge in [0, 0.05) is 0 Å². The predicted molar refractivity (Wildman–Crippen MR) is 116 cm³/mol. The summed E-state index contributed by atoms with van der Waals surface area (Å²) >= 11 is 0. The van der Waals surface area contributed by atoms with Gasteiger partial charge < -0.3 is 29.1 Å². The van der Waals surface area contributed by atoms with Crippen molar-refractivity contribution in [1.82, 2.24) is 0 Å². The Bertz CT molecular complexity index is 1010. The number of Topliss-reactive ketones (excluding diaryl/α,β-unsaturated/α-hetero) is 1. The van der Waals surface area contributed by atoms with Crippen molar-refractivity contribution in [2.45, 2.75) is 13.5 Å². The van der Waals surface area contributed by atoms with Gasteiger partial charge in [-0.05, 0) is 42.8 Å². The van der Waals surface area contributed by atoms with Gasteiger partial charge in [0.25, 0.3) is 0 Å². The number of hydrogen-bond acceptors (Lipinski definition) is 5. The average molecular weight is 427 g/mol. The first-order chi connectivity index (χ1) is 15.0. The Kier molecular flexibility index (Phi) is 6.15. The Labute approximate surface area is 182 Å². The molecule has 4 rings (SSSR count). The zero-order valence-electron chi connectivity index (χ0n) is 18.3. The SMILES string of the molecule is CC[NH+]1CC[NH+](Cc2c(O)ccc3c2O/C(=C\c2ccc(OC)c(OC)c2)C3=O)CC1. The van der Waals surface area contributed by atoms with Crippen LogP contribution in [0.3, 0.4) is 0 Å². The molecule has 0 spiro atoms. The third kappa shape index (κ3) is 4.24. The number of rotatable bonds is 6. The summed E-state index contributed by atoms with van der Waals surface area (Å²) in [5.41, 5.74) is 1.97. The van der Waals surface area contributed by atoms with Crippen LogP contribution in [0.1, 0.15) is 28.4 Å². The van der Waals surface area contributed by atoms with Gasteiger partial charge in [0.15, 0.2) is 23.0 Å². The van der Waals surface area contributed by atoms with Crippen molar-refractivity contribution in [2.75, 3.05) is 46.9 Å². The summed E-state index contributed by atoms with van der Waals surface area (Å²) in [6.45, 7) is 8.30. The van der Waals surface area contributed by atoms with E-state index in [0.717, 1.165) is 38.3 Å². The third-order valence-corrected chi connectivity index (χ3v) is 6.21. The van der Waals surface area contributed by atoms with Crippen LogP contribution >= 0.6 is 0 Å². The minimum absolute atomic E-state index is 0.177. The van der Waals surface area contributed by atoms with Gasteiger partial charge in [-0.1, -0.05) is 6.07 Å². The van der Waals surface area contributed by atoms with Crippen LogP contribution < -0.4 is 24.0 Å². The third-order valence-electron chi connectivity index (χ3n) is 6.21. The molecule has 7 nitrogen and oxygen atoms in total. The number of allylic oxidation sites excluding steroid dienone is 1. The van der Waals surface area contributed by atoms with Crippen molar-refractivity contribution in [3.63, 3.8) is 0 Å². The van der Waals surface area contributed by atoms with Crippen molar-refractivity contribution in [3.8, 4) is 23.0 Å². The molecule has 2 aromatic rings. The van der Waals surface area contributed by atoms with Crippen LogP contribution in [0, 0.1) is 0 Å². The first-order valence-electron chi connectivity index (χ1n) is 10.7. The fourth-order valence-electron chi connectivity index (χ4n) is 4.30. The van der Waals surface area contributed by atoms with Crippen LogP contribution in [0.4, 0.5) is 0 Å². The molecule has 7 heteroatoms. The van der Waals surface area contributed by atoms with Crippen molar-refractivity contribution >= 4 is 11.9 Å². The molecule has 1 saturated heterocycles. The highest BCUT2D eigenvalue weighted by atomic mass is 16.5. The molecule has 0 saturated carbocycles. The number of piperazine rings is 1. The van der Waals surface area contributed by atoms with E-state index in [4.69, 9.17) is 14.2 Å². The number of quaternary nitrogens is 2. The molecule has 2 aromatic carbocycles. The predicted octanol–water partition coefficient (Wildman–Crippen LogP) is 0.329. The highest BCUT2D eigenvalue weighted by molar-refractivity contribution is 6.15. The number of methoxy groups -OCH3 is 2. The molecule has 0 amide bonds. The highest BCUT2D eigenvalue weighted by Gasteiger charge is 2.33. The minimum Gasteiger partial charge on any atom is -0.507 e. The van der Waals surface area contributed by atoms with Crippen LogP contribution in [0.2, 0.25) is 0 Å². The number of carbonyl (C=O) groups excluding carboxylic acids is 1. The number of likely N-dealkylation sites (N-methyl/N-ethyl adjacent to an activating group) is 1. The van der Waals surface area contributed by atoms with E-state index in [2.05, 4.69) is 6.92 Å². The van der Waals surface area contributed by atoms with Gasteiger partial charge in [0.05, 0.1) is 31.9 Å². The number of phenols is 1. The summed E-state index contributed by atoms with van der Waals surface area (Å²) in [7, 11) is 3.15. The molecule has 0 bridgehead atoms. The van der Waals surface area contributed by atoms with E-state index in [9.17, 15) is 9.90 Å². The fourth-order valence-corrected chi connectivity index (χ4v) is 4.30. The lowest BCUT2D eigenvalue weighted by atomic mass is 10.0. The van der Waals surface area contributed by atoms with Gasteiger partial charge >= 0.3 is 0 Å². The highest BCUT2D eigenvalue weighted by Crippen LogP contribution is 2.39. The molecule has 2 aliphatic heterocycles. The monoisotopic (exact) mass is 426 g/mol. The number of benzene rings is 2. The largest absolute Gasteiger partial charge is 0.507 e. The Balaban J connectivity index is 1.59. The second kappa shape index (κ2) is 8.99.